The van der Waals surface area contributed by atoms with Crippen molar-refractivity contribution in [2.75, 3.05) is 0 Å². The van der Waals surface area contributed by atoms with Gasteiger partial charge in [0.05, 0.1) is 11.8 Å². The van der Waals surface area contributed by atoms with E-state index in [4.69, 9.17) is 9.47 Å². The second-order valence-electron chi connectivity index (χ2n) is 8.29. The molecule has 31 heavy (non-hydrogen) atoms. The third-order valence-corrected chi connectivity index (χ3v) is 5.53. The van der Waals surface area contributed by atoms with Gasteiger partial charge in [0.15, 0.2) is 0 Å². The molecule has 0 saturated carbocycles. The molecule has 2 aromatic rings. The zero-order valence-electron chi connectivity index (χ0n) is 19.4. The first-order valence-electron chi connectivity index (χ1n) is 11.4. The van der Waals surface area contributed by atoms with Gasteiger partial charge in [0.25, 0.3) is 0 Å². The Bertz CT molecular complexity index is 773. The molecule has 0 N–H and O–H groups in total. The molecule has 0 aliphatic heterocycles. The number of aryl methyl sites for hydroxylation is 2. The quantitative estimate of drug-likeness (QED) is 0.390. The van der Waals surface area contributed by atoms with E-state index < -0.39 is 0 Å². The van der Waals surface area contributed by atoms with Gasteiger partial charge in [0, 0.05) is 0 Å². The minimum Gasteiger partial charge on any atom is -0.461 e. The molecule has 0 spiro atoms. The number of benzene rings is 2. The standard InChI is InChI=1S/C27H36O4/c1-5-11-22-13-7-9-15-24(22)18-30-26(28)20(3)17-21(4)27(29)31-19-25-16-10-8-14-23(25)12-6-2/h7-10,13-16,20-21H,5-6,11-12,17-19H2,1-4H3. The Balaban J connectivity index is 1.82. The van der Waals surface area contributed by atoms with Crippen LogP contribution in [0.15, 0.2) is 48.5 Å². The molecule has 0 aliphatic rings. The number of hydrogen-bond acceptors (Lipinski definition) is 4. The van der Waals surface area contributed by atoms with Crippen LogP contribution in [0, 0.1) is 11.8 Å². The fourth-order valence-electron chi connectivity index (χ4n) is 3.73. The van der Waals surface area contributed by atoms with Crippen LogP contribution >= 0.6 is 0 Å². The molecular weight excluding hydrogens is 388 g/mol. The van der Waals surface area contributed by atoms with Crippen LogP contribution in [0.5, 0.6) is 0 Å². The highest BCUT2D eigenvalue weighted by Crippen LogP contribution is 2.19. The fraction of sp³-hybridized carbons (Fsp3) is 0.481. The van der Waals surface area contributed by atoms with Gasteiger partial charge in [-0.3, -0.25) is 9.59 Å². The van der Waals surface area contributed by atoms with E-state index in [1.165, 1.54) is 11.1 Å². The van der Waals surface area contributed by atoms with E-state index >= 15 is 0 Å². The molecule has 4 nitrogen and oxygen atoms in total. The van der Waals surface area contributed by atoms with Gasteiger partial charge in [-0.25, -0.2) is 0 Å². The summed E-state index contributed by atoms with van der Waals surface area (Å²) >= 11 is 0. The Hall–Kier alpha value is -2.62. The van der Waals surface area contributed by atoms with Gasteiger partial charge in [0.1, 0.15) is 13.2 Å². The lowest BCUT2D eigenvalue weighted by Crippen LogP contribution is -2.22. The maximum atomic E-state index is 12.5. The highest BCUT2D eigenvalue weighted by atomic mass is 16.5. The summed E-state index contributed by atoms with van der Waals surface area (Å²) < 4.78 is 11.1. The molecule has 0 fully saturated rings. The summed E-state index contributed by atoms with van der Waals surface area (Å²) in [6, 6.07) is 16.1. The van der Waals surface area contributed by atoms with E-state index in [0.29, 0.717) is 6.42 Å². The lowest BCUT2D eigenvalue weighted by Gasteiger charge is -2.17. The SMILES string of the molecule is CCCc1ccccc1COC(=O)C(C)CC(C)C(=O)OCc1ccccc1CCC. The van der Waals surface area contributed by atoms with Gasteiger partial charge >= 0.3 is 11.9 Å². The van der Waals surface area contributed by atoms with Crippen LogP contribution in [0.2, 0.25) is 0 Å². The smallest absolute Gasteiger partial charge is 0.309 e. The molecule has 2 atom stereocenters. The molecule has 0 aromatic heterocycles. The lowest BCUT2D eigenvalue weighted by atomic mass is 9.97. The van der Waals surface area contributed by atoms with Crippen molar-refractivity contribution in [1.82, 2.24) is 0 Å². The highest BCUT2D eigenvalue weighted by Gasteiger charge is 2.23. The number of carbonyl (C=O) groups is 2. The maximum absolute atomic E-state index is 12.5. The van der Waals surface area contributed by atoms with Crippen molar-refractivity contribution in [2.45, 2.75) is 73.0 Å². The Labute approximate surface area is 187 Å². The van der Waals surface area contributed by atoms with Crippen molar-refractivity contribution in [1.29, 1.82) is 0 Å². The molecule has 4 heteroatoms. The van der Waals surface area contributed by atoms with E-state index in [0.717, 1.165) is 36.8 Å². The number of rotatable bonds is 12. The second kappa shape index (κ2) is 12.9. The summed E-state index contributed by atoms with van der Waals surface area (Å²) in [7, 11) is 0. The minimum atomic E-state index is -0.367. The van der Waals surface area contributed by atoms with Gasteiger partial charge in [-0.05, 0) is 41.5 Å². The lowest BCUT2D eigenvalue weighted by molar-refractivity contribution is -0.153. The van der Waals surface area contributed by atoms with Crippen LogP contribution in [0.3, 0.4) is 0 Å². The summed E-state index contributed by atoms with van der Waals surface area (Å²) in [4.78, 5) is 24.9. The van der Waals surface area contributed by atoms with Gasteiger partial charge < -0.3 is 9.47 Å². The minimum absolute atomic E-state index is 0.270. The Kier molecular flexibility index (Phi) is 10.3. The van der Waals surface area contributed by atoms with Gasteiger partial charge in [-0.1, -0.05) is 89.1 Å². The molecule has 0 amide bonds. The average Bonchev–Trinajstić information content (AvgIpc) is 2.77. The molecule has 0 saturated heterocycles. The number of ether oxygens (including phenoxy) is 2. The first-order chi connectivity index (χ1) is 15.0. The van der Waals surface area contributed by atoms with Crippen molar-refractivity contribution in [3.8, 4) is 0 Å². The van der Waals surface area contributed by atoms with Crippen molar-refractivity contribution in [3.63, 3.8) is 0 Å². The summed E-state index contributed by atoms with van der Waals surface area (Å²) in [6.07, 6.45) is 4.43. The Morgan fingerprint density at radius 2 is 1.03 bits per heavy atom. The molecule has 0 radical (unpaired) electrons. The van der Waals surface area contributed by atoms with Crippen LogP contribution in [0.25, 0.3) is 0 Å². The van der Waals surface area contributed by atoms with Gasteiger partial charge in [0.2, 0.25) is 0 Å². The van der Waals surface area contributed by atoms with Crippen LogP contribution in [-0.4, -0.2) is 11.9 Å². The first-order valence-corrected chi connectivity index (χ1v) is 11.4. The van der Waals surface area contributed by atoms with E-state index in [9.17, 15) is 9.59 Å². The summed E-state index contributed by atoms with van der Waals surface area (Å²) in [5.74, 6) is -1.29. The van der Waals surface area contributed by atoms with Crippen LogP contribution in [0.4, 0.5) is 0 Å². The number of esters is 2. The van der Waals surface area contributed by atoms with Crippen molar-refractivity contribution in [2.24, 2.45) is 11.8 Å². The largest absolute Gasteiger partial charge is 0.461 e. The average molecular weight is 425 g/mol. The van der Waals surface area contributed by atoms with Gasteiger partial charge in [-0.15, -0.1) is 0 Å². The topological polar surface area (TPSA) is 52.6 Å². The van der Waals surface area contributed by atoms with Crippen LogP contribution < -0.4 is 0 Å². The van der Waals surface area contributed by atoms with E-state index in [-0.39, 0.29) is 37.0 Å². The molecular formula is C27H36O4. The molecule has 0 heterocycles. The highest BCUT2D eigenvalue weighted by molar-refractivity contribution is 5.75. The third kappa shape index (κ3) is 7.86. The molecule has 2 aromatic carbocycles. The normalized spacial score (nSPS) is 12.8. The zero-order valence-corrected chi connectivity index (χ0v) is 19.4. The van der Waals surface area contributed by atoms with Crippen molar-refractivity contribution < 1.29 is 19.1 Å². The van der Waals surface area contributed by atoms with Crippen LogP contribution in [0.1, 0.15) is 69.2 Å². The monoisotopic (exact) mass is 424 g/mol. The first kappa shape index (κ1) is 24.6. The fourth-order valence-corrected chi connectivity index (χ4v) is 3.73. The maximum Gasteiger partial charge on any atom is 0.309 e. The molecule has 2 unspecified atom stereocenters. The Morgan fingerprint density at radius 3 is 1.39 bits per heavy atom. The predicted molar refractivity (Wildman–Crippen MR) is 123 cm³/mol. The molecule has 0 aliphatic carbocycles. The van der Waals surface area contributed by atoms with Crippen molar-refractivity contribution in [3.05, 3.63) is 70.8 Å². The van der Waals surface area contributed by atoms with E-state index in [2.05, 4.69) is 26.0 Å². The number of hydrogen-bond donors (Lipinski definition) is 0. The van der Waals surface area contributed by atoms with Crippen LogP contribution in [-0.2, 0) is 45.1 Å². The number of carbonyl (C=O) groups excluding carboxylic acids is 2. The molecule has 2 rings (SSSR count). The summed E-state index contributed by atoms with van der Waals surface area (Å²) in [6.45, 7) is 8.42. The molecule has 0 bridgehead atoms. The van der Waals surface area contributed by atoms with E-state index in [1.807, 2.05) is 36.4 Å². The second-order valence-corrected chi connectivity index (χ2v) is 8.29. The summed E-state index contributed by atoms with van der Waals surface area (Å²) in [5, 5.41) is 0. The Morgan fingerprint density at radius 1 is 0.677 bits per heavy atom. The van der Waals surface area contributed by atoms with E-state index in [1.54, 1.807) is 13.8 Å². The third-order valence-electron chi connectivity index (χ3n) is 5.53. The van der Waals surface area contributed by atoms with Crippen molar-refractivity contribution >= 4 is 11.9 Å². The predicted octanol–water partition coefficient (Wildman–Crippen LogP) is 6.04. The molecule has 168 valence electrons. The van der Waals surface area contributed by atoms with Gasteiger partial charge in [-0.2, -0.15) is 0 Å². The zero-order chi connectivity index (χ0) is 22.6. The summed E-state index contributed by atoms with van der Waals surface area (Å²) in [5.41, 5.74) is 4.52.